The van der Waals surface area contributed by atoms with Crippen LogP contribution in [-0.2, 0) is 15.8 Å². The maximum absolute atomic E-state index is 12.7. The van der Waals surface area contributed by atoms with Crippen molar-refractivity contribution in [2.75, 3.05) is 45.7 Å². The molecule has 1 saturated heterocycles. The SMILES string of the molecule is COc1ccc(-c2nnc(NC(=O)c3ccc(CS(=O)(=O)N4CCN(C)CC4)cc3)s2)cc1. The Morgan fingerprint density at radius 1 is 1.03 bits per heavy atom. The molecule has 4 rings (SSSR count). The molecule has 1 aliphatic rings. The number of nitrogens with one attached hydrogen (secondary N) is 1. The number of hydrogen-bond donors (Lipinski definition) is 1. The lowest BCUT2D eigenvalue weighted by Crippen LogP contribution is -2.47. The summed E-state index contributed by atoms with van der Waals surface area (Å²) in [7, 11) is 0.197. The number of likely N-dealkylation sites (N-methyl/N-ethyl adjacent to an activating group) is 1. The Bertz CT molecular complexity index is 1200. The Hall–Kier alpha value is -2.86. The van der Waals surface area contributed by atoms with Crippen molar-refractivity contribution in [1.29, 1.82) is 0 Å². The zero-order valence-electron chi connectivity index (χ0n) is 18.4. The number of nitrogens with zero attached hydrogens (tertiary/aromatic N) is 4. The van der Waals surface area contributed by atoms with Crippen molar-refractivity contribution in [3.63, 3.8) is 0 Å². The predicted molar refractivity (Wildman–Crippen MR) is 128 cm³/mol. The van der Waals surface area contributed by atoms with E-state index in [9.17, 15) is 13.2 Å². The quantitative estimate of drug-likeness (QED) is 0.546. The molecular weight excluding hydrogens is 462 g/mol. The third-order valence-electron chi connectivity index (χ3n) is 5.40. The summed E-state index contributed by atoms with van der Waals surface area (Å²) in [6.07, 6.45) is 0. The van der Waals surface area contributed by atoms with Crippen LogP contribution in [0.5, 0.6) is 5.75 Å². The molecule has 0 atom stereocenters. The number of methoxy groups -OCH3 is 1. The molecule has 0 aliphatic carbocycles. The van der Waals surface area contributed by atoms with Crippen LogP contribution in [0, 0.1) is 0 Å². The fourth-order valence-corrected chi connectivity index (χ4v) is 5.67. The standard InChI is InChI=1S/C22H25N5O4S2/c1-26-11-13-27(14-12-26)33(29,30)15-16-3-5-17(6-4-16)20(28)23-22-25-24-21(32-22)18-7-9-19(31-2)10-8-18/h3-10H,11-15H2,1-2H3,(H,23,25,28). The van der Waals surface area contributed by atoms with E-state index in [0.29, 0.717) is 34.4 Å². The molecule has 0 radical (unpaired) electrons. The van der Waals surface area contributed by atoms with Gasteiger partial charge in [0.1, 0.15) is 10.8 Å². The normalized spacial score (nSPS) is 15.3. The molecular formula is C22H25N5O4S2. The summed E-state index contributed by atoms with van der Waals surface area (Å²) in [5.41, 5.74) is 1.93. The van der Waals surface area contributed by atoms with Gasteiger partial charge in [0.15, 0.2) is 0 Å². The first-order valence-electron chi connectivity index (χ1n) is 10.4. The van der Waals surface area contributed by atoms with Crippen LogP contribution in [0.25, 0.3) is 10.6 Å². The molecule has 33 heavy (non-hydrogen) atoms. The summed E-state index contributed by atoms with van der Waals surface area (Å²) >= 11 is 1.27. The minimum atomic E-state index is -3.39. The van der Waals surface area contributed by atoms with Gasteiger partial charge in [0.2, 0.25) is 15.2 Å². The van der Waals surface area contributed by atoms with Gasteiger partial charge in [-0.15, -0.1) is 10.2 Å². The van der Waals surface area contributed by atoms with Gasteiger partial charge >= 0.3 is 0 Å². The molecule has 1 aliphatic heterocycles. The minimum absolute atomic E-state index is 0.0831. The van der Waals surface area contributed by atoms with E-state index >= 15 is 0 Å². The van der Waals surface area contributed by atoms with E-state index in [4.69, 9.17) is 4.74 Å². The van der Waals surface area contributed by atoms with Crippen molar-refractivity contribution in [2.45, 2.75) is 5.75 Å². The van der Waals surface area contributed by atoms with Crippen LogP contribution in [0.3, 0.4) is 0 Å². The number of piperazine rings is 1. The Kier molecular flexibility index (Phi) is 7.03. The van der Waals surface area contributed by atoms with E-state index in [1.807, 2.05) is 31.3 Å². The number of carbonyl (C=O) groups is 1. The van der Waals surface area contributed by atoms with Gasteiger partial charge in [0, 0.05) is 37.3 Å². The first-order valence-corrected chi connectivity index (χ1v) is 12.8. The molecule has 0 unspecified atom stereocenters. The van der Waals surface area contributed by atoms with Crippen LogP contribution in [0.2, 0.25) is 0 Å². The molecule has 2 aromatic carbocycles. The average Bonchev–Trinajstić information content (AvgIpc) is 3.28. The van der Waals surface area contributed by atoms with E-state index in [1.54, 1.807) is 31.4 Å². The van der Waals surface area contributed by atoms with Gasteiger partial charge in [-0.3, -0.25) is 10.1 Å². The summed E-state index contributed by atoms with van der Waals surface area (Å²) in [6.45, 7) is 2.45. The third kappa shape index (κ3) is 5.74. The van der Waals surface area contributed by atoms with Crippen molar-refractivity contribution in [2.24, 2.45) is 0 Å². The van der Waals surface area contributed by atoms with Crippen molar-refractivity contribution in [3.8, 4) is 16.3 Å². The maximum atomic E-state index is 12.7. The van der Waals surface area contributed by atoms with E-state index in [-0.39, 0.29) is 11.7 Å². The van der Waals surface area contributed by atoms with Gasteiger partial charge in [-0.05, 0) is 49.0 Å². The lowest BCUT2D eigenvalue weighted by Gasteiger charge is -2.31. The van der Waals surface area contributed by atoms with Gasteiger partial charge in [-0.2, -0.15) is 4.31 Å². The number of aromatic nitrogens is 2. The summed E-state index contributed by atoms with van der Waals surface area (Å²) in [5, 5.41) is 12.0. The fraction of sp³-hybridized carbons (Fsp3) is 0.318. The minimum Gasteiger partial charge on any atom is -0.497 e. The summed E-state index contributed by atoms with van der Waals surface area (Å²) in [4.78, 5) is 14.7. The molecule has 0 spiro atoms. The molecule has 3 aromatic rings. The number of anilines is 1. The fourth-order valence-electron chi connectivity index (χ4n) is 3.41. The molecule has 0 bridgehead atoms. The van der Waals surface area contributed by atoms with E-state index < -0.39 is 10.0 Å². The number of rotatable bonds is 7. The molecule has 0 saturated carbocycles. The topological polar surface area (TPSA) is 105 Å². The molecule has 9 nitrogen and oxygen atoms in total. The van der Waals surface area contributed by atoms with Crippen LogP contribution in [0.1, 0.15) is 15.9 Å². The lowest BCUT2D eigenvalue weighted by molar-refractivity contribution is 0.102. The largest absolute Gasteiger partial charge is 0.497 e. The van der Waals surface area contributed by atoms with E-state index in [1.165, 1.54) is 15.6 Å². The monoisotopic (exact) mass is 487 g/mol. The Balaban J connectivity index is 1.37. The Morgan fingerprint density at radius 2 is 1.70 bits per heavy atom. The van der Waals surface area contributed by atoms with Crippen molar-refractivity contribution in [3.05, 3.63) is 59.7 Å². The van der Waals surface area contributed by atoms with Crippen LogP contribution >= 0.6 is 11.3 Å². The zero-order chi connectivity index (χ0) is 23.4. The average molecular weight is 488 g/mol. The van der Waals surface area contributed by atoms with E-state index in [0.717, 1.165) is 24.4 Å². The van der Waals surface area contributed by atoms with Gasteiger partial charge in [0.25, 0.3) is 5.91 Å². The van der Waals surface area contributed by atoms with Crippen molar-refractivity contribution < 1.29 is 17.9 Å². The zero-order valence-corrected chi connectivity index (χ0v) is 20.0. The molecule has 1 aromatic heterocycles. The number of sulfonamides is 1. The van der Waals surface area contributed by atoms with E-state index in [2.05, 4.69) is 20.4 Å². The molecule has 1 fully saturated rings. The smallest absolute Gasteiger partial charge is 0.257 e. The van der Waals surface area contributed by atoms with Crippen molar-refractivity contribution >= 4 is 32.4 Å². The van der Waals surface area contributed by atoms with Crippen molar-refractivity contribution in [1.82, 2.24) is 19.4 Å². The second kappa shape index (κ2) is 9.96. The maximum Gasteiger partial charge on any atom is 0.257 e. The highest BCUT2D eigenvalue weighted by atomic mass is 32.2. The highest BCUT2D eigenvalue weighted by molar-refractivity contribution is 7.88. The predicted octanol–water partition coefficient (Wildman–Crippen LogP) is 2.54. The first-order chi connectivity index (χ1) is 15.8. The molecule has 174 valence electrons. The molecule has 2 heterocycles. The number of benzene rings is 2. The number of ether oxygens (including phenoxy) is 1. The van der Waals surface area contributed by atoms with Gasteiger partial charge in [0.05, 0.1) is 12.9 Å². The van der Waals surface area contributed by atoms with Crippen LogP contribution in [-0.4, -0.2) is 74.1 Å². The molecule has 1 amide bonds. The molecule has 11 heteroatoms. The highest BCUT2D eigenvalue weighted by Crippen LogP contribution is 2.28. The number of amides is 1. The van der Waals surface area contributed by atoms with Gasteiger partial charge in [-0.25, -0.2) is 8.42 Å². The van der Waals surface area contributed by atoms with Gasteiger partial charge < -0.3 is 9.64 Å². The van der Waals surface area contributed by atoms with Gasteiger partial charge in [-0.1, -0.05) is 23.5 Å². The summed E-state index contributed by atoms with van der Waals surface area (Å²) in [6, 6.07) is 14.0. The second-order valence-corrected chi connectivity index (χ2v) is 10.7. The van der Waals surface area contributed by atoms with Crippen LogP contribution in [0.4, 0.5) is 5.13 Å². The Morgan fingerprint density at radius 3 is 2.33 bits per heavy atom. The highest BCUT2D eigenvalue weighted by Gasteiger charge is 2.26. The van der Waals surface area contributed by atoms with Crippen LogP contribution in [0.15, 0.2) is 48.5 Å². The Labute approximate surface area is 197 Å². The number of hydrogen-bond acceptors (Lipinski definition) is 8. The first kappa shape index (κ1) is 23.3. The van der Waals surface area contributed by atoms with Crippen LogP contribution < -0.4 is 10.1 Å². The molecule has 1 N–H and O–H groups in total. The number of carbonyl (C=O) groups excluding carboxylic acids is 1. The lowest BCUT2D eigenvalue weighted by atomic mass is 10.1. The summed E-state index contributed by atoms with van der Waals surface area (Å²) < 4.78 is 32.1. The second-order valence-electron chi connectivity index (χ2n) is 7.75. The third-order valence-corrected chi connectivity index (χ3v) is 8.14. The summed E-state index contributed by atoms with van der Waals surface area (Å²) in [5.74, 6) is 0.331.